The van der Waals surface area contributed by atoms with Gasteiger partial charge in [0.05, 0.1) is 5.69 Å². The average molecular weight is 316 g/mol. The molecule has 4 nitrogen and oxygen atoms in total. The SMILES string of the molecule is Oc1ccccc1/C=C/c1ccccc1N=Nc1ccccc1O. The van der Waals surface area contributed by atoms with Crippen molar-refractivity contribution in [3.8, 4) is 11.5 Å². The predicted octanol–water partition coefficient (Wildman–Crippen LogP) is 5.68. The Kier molecular flexibility index (Phi) is 4.68. The highest BCUT2D eigenvalue weighted by molar-refractivity contribution is 5.77. The van der Waals surface area contributed by atoms with Crippen LogP contribution in [0.2, 0.25) is 0 Å². The lowest BCUT2D eigenvalue weighted by atomic mass is 10.1. The summed E-state index contributed by atoms with van der Waals surface area (Å²) in [5.74, 6) is 0.311. The van der Waals surface area contributed by atoms with E-state index in [4.69, 9.17) is 0 Å². The van der Waals surface area contributed by atoms with Crippen LogP contribution in [-0.4, -0.2) is 10.2 Å². The second-order valence-corrected chi connectivity index (χ2v) is 5.14. The van der Waals surface area contributed by atoms with Crippen LogP contribution in [0.25, 0.3) is 12.2 Å². The summed E-state index contributed by atoms with van der Waals surface area (Å²) >= 11 is 0. The fraction of sp³-hybridized carbons (Fsp3) is 0. The summed E-state index contributed by atoms with van der Waals surface area (Å²) in [6, 6.07) is 21.4. The molecule has 0 spiro atoms. The third kappa shape index (κ3) is 3.67. The van der Waals surface area contributed by atoms with E-state index in [1.165, 1.54) is 0 Å². The molecule has 0 heterocycles. The first-order valence-corrected chi connectivity index (χ1v) is 7.49. The Hall–Kier alpha value is -3.40. The summed E-state index contributed by atoms with van der Waals surface area (Å²) < 4.78 is 0. The quantitative estimate of drug-likeness (QED) is 0.480. The first-order chi connectivity index (χ1) is 11.7. The van der Waals surface area contributed by atoms with Gasteiger partial charge in [0.15, 0.2) is 0 Å². The highest BCUT2D eigenvalue weighted by atomic mass is 16.3. The maximum absolute atomic E-state index is 9.82. The minimum absolute atomic E-state index is 0.0866. The number of hydrogen-bond acceptors (Lipinski definition) is 4. The van der Waals surface area contributed by atoms with Gasteiger partial charge < -0.3 is 10.2 Å². The van der Waals surface area contributed by atoms with Gasteiger partial charge in [0.25, 0.3) is 0 Å². The lowest BCUT2D eigenvalue weighted by Gasteiger charge is -2.01. The molecule has 3 aromatic rings. The fourth-order valence-electron chi connectivity index (χ4n) is 2.18. The molecule has 0 saturated heterocycles. The van der Waals surface area contributed by atoms with Gasteiger partial charge in [-0.15, -0.1) is 10.2 Å². The molecule has 0 amide bonds. The van der Waals surface area contributed by atoms with Crippen LogP contribution in [0.1, 0.15) is 11.1 Å². The van der Waals surface area contributed by atoms with Crippen molar-refractivity contribution >= 4 is 23.5 Å². The number of benzene rings is 3. The van der Waals surface area contributed by atoms with Gasteiger partial charge in [-0.25, -0.2) is 0 Å². The van der Waals surface area contributed by atoms with Gasteiger partial charge in [-0.1, -0.05) is 60.7 Å². The highest BCUT2D eigenvalue weighted by Gasteiger charge is 2.00. The Balaban J connectivity index is 1.89. The van der Waals surface area contributed by atoms with Gasteiger partial charge in [0, 0.05) is 11.1 Å². The zero-order valence-corrected chi connectivity index (χ0v) is 12.9. The van der Waals surface area contributed by atoms with E-state index in [9.17, 15) is 10.2 Å². The number of aromatic hydroxyl groups is 2. The van der Waals surface area contributed by atoms with Crippen molar-refractivity contribution in [2.75, 3.05) is 0 Å². The second-order valence-electron chi connectivity index (χ2n) is 5.14. The van der Waals surface area contributed by atoms with Crippen molar-refractivity contribution in [2.45, 2.75) is 0 Å². The van der Waals surface area contributed by atoms with Crippen LogP contribution in [0.15, 0.2) is 83.0 Å². The number of para-hydroxylation sites is 2. The topological polar surface area (TPSA) is 65.2 Å². The van der Waals surface area contributed by atoms with E-state index in [0.717, 1.165) is 11.1 Å². The number of phenolic OH excluding ortho intramolecular Hbond substituents is 2. The summed E-state index contributed by atoms with van der Waals surface area (Å²) in [5.41, 5.74) is 2.68. The maximum atomic E-state index is 9.82. The van der Waals surface area contributed by atoms with Crippen LogP contribution in [0.3, 0.4) is 0 Å². The lowest BCUT2D eigenvalue weighted by molar-refractivity contribution is 0.474. The molecule has 0 aliphatic rings. The van der Waals surface area contributed by atoms with Gasteiger partial charge in [0.2, 0.25) is 0 Å². The van der Waals surface area contributed by atoms with Crippen LogP contribution < -0.4 is 0 Å². The molecule has 0 aliphatic heterocycles. The molecule has 4 heteroatoms. The molecule has 0 atom stereocenters. The number of nitrogens with zero attached hydrogens (tertiary/aromatic N) is 2. The van der Waals surface area contributed by atoms with E-state index >= 15 is 0 Å². The first kappa shape index (κ1) is 15.5. The summed E-state index contributed by atoms with van der Waals surface area (Å²) in [5, 5.41) is 27.9. The van der Waals surface area contributed by atoms with Crippen LogP contribution in [-0.2, 0) is 0 Å². The zero-order valence-electron chi connectivity index (χ0n) is 12.9. The Morgan fingerprint density at radius 3 is 1.75 bits per heavy atom. The van der Waals surface area contributed by atoms with Crippen LogP contribution in [0.5, 0.6) is 11.5 Å². The predicted molar refractivity (Wildman–Crippen MR) is 95.8 cm³/mol. The van der Waals surface area contributed by atoms with Gasteiger partial charge in [-0.05, 0) is 24.3 Å². The van der Waals surface area contributed by atoms with E-state index in [2.05, 4.69) is 10.2 Å². The highest BCUT2D eigenvalue weighted by Crippen LogP contribution is 2.29. The second kappa shape index (κ2) is 7.24. The minimum atomic E-state index is 0.0866. The lowest BCUT2D eigenvalue weighted by Crippen LogP contribution is -1.76. The van der Waals surface area contributed by atoms with E-state index in [1.807, 2.05) is 48.6 Å². The van der Waals surface area contributed by atoms with Crippen molar-refractivity contribution in [2.24, 2.45) is 10.2 Å². The standard InChI is InChI=1S/C20H16N2O2/c23-19-11-5-2-8-16(19)14-13-15-7-1-3-9-17(15)21-22-18-10-4-6-12-20(18)24/h1-14,23-24H/b14-13+,22-21?. The molecule has 24 heavy (non-hydrogen) atoms. The Morgan fingerprint density at radius 2 is 1.04 bits per heavy atom. The van der Waals surface area contributed by atoms with Crippen molar-refractivity contribution < 1.29 is 10.2 Å². The first-order valence-electron chi connectivity index (χ1n) is 7.49. The third-order valence-electron chi connectivity index (χ3n) is 3.46. The Morgan fingerprint density at radius 1 is 0.542 bits per heavy atom. The summed E-state index contributed by atoms with van der Waals surface area (Å²) in [7, 11) is 0. The number of rotatable bonds is 4. The largest absolute Gasteiger partial charge is 0.507 e. The van der Waals surface area contributed by atoms with E-state index in [-0.39, 0.29) is 11.5 Å². The smallest absolute Gasteiger partial charge is 0.143 e. The molecule has 0 fully saturated rings. The molecular weight excluding hydrogens is 300 g/mol. The van der Waals surface area contributed by atoms with Crippen LogP contribution in [0, 0.1) is 0 Å². The van der Waals surface area contributed by atoms with E-state index < -0.39 is 0 Å². The molecule has 3 aromatic carbocycles. The number of phenols is 2. The number of azo groups is 1. The van der Waals surface area contributed by atoms with Crippen molar-refractivity contribution in [3.05, 3.63) is 83.9 Å². The molecule has 0 saturated carbocycles. The molecule has 0 bridgehead atoms. The summed E-state index contributed by atoms with van der Waals surface area (Å²) in [6.07, 6.45) is 3.69. The van der Waals surface area contributed by atoms with Crippen molar-refractivity contribution in [1.29, 1.82) is 0 Å². The third-order valence-corrected chi connectivity index (χ3v) is 3.46. The summed E-state index contributed by atoms with van der Waals surface area (Å²) in [6.45, 7) is 0. The van der Waals surface area contributed by atoms with E-state index in [1.54, 1.807) is 36.4 Å². The summed E-state index contributed by atoms with van der Waals surface area (Å²) in [4.78, 5) is 0. The molecular formula is C20H16N2O2. The average Bonchev–Trinajstić information content (AvgIpc) is 2.61. The van der Waals surface area contributed by atoms with Crippen molar-refractivity contribution in [3.63, 3.8) is 0 Å². The van der Waals surface area contributed by atoms with Crippen LogP contribution in [0.4, 0.5) is 11.4 Å². The molecule has 118 valence electrons. The monoisotopic (exact) mass is 316 g/mol. The molecule has 0 radical (unpaired) electrons. The molecule has 0 aliphatic carbocycles. The Bertz CT molecular complexity index is 827. The van der Waals surface area contributed by atoms with Gasteiger partial charge in [0.1, 0.15) is 17.2 Å². The Labute approximate surface area is 140 Å². The van der Waals surface area contributed by atoms with Crippen LogP contribution >= 0.6 is 0 Å². The molecule has 0 aromatic heterocycles. The normalized spacial score (nSPS) is 11.3. The van der Waals surface area contributed by atoms with Gasteiger partial charge in [-0.3, -0.25) is 0 Å². The fourth-order valence-corrected chi connectivity index (χ4v) is 2.18. The van der Waals surface area contributed by atoms with E-state index in [0.29, 0.717) is 11.4 Å². The molecule has 3 rings (SSSR count). The molecule has 0 unspecified atom stereocenters. The zero-order chi connectivity index (χ0) is 16.8. The number of hydrogen-bond donors (Lipinski definition) is 2. The van der Waals surface area contributed by atoms with Gasteiger partial charge >= 0.3 is 0 Å². The minimum Gasteiger partial charge on any atom is -0.507 e. The maximum Gasteiger partial charge on any atom is 0.143 e. The van der Waals surface area contributed by atoms with Crippen molar-refractivity contribution in [1.82, 2.24) is 0 Å². The van der Waals surface area contributed by atoms with Gasteiger partial charge in [-0.2, -0.15) is 0 Å². The molecule has 2 N–H and O–H groups in total.